The number of allylic oxidation sites excluding steroid dienone is 4. The van der Waals surface area contributed by atoms with Crippen molar-refractivity contribution in [1.82, 2.24) is 0 Å². The van der Waals surface area contributed by atoms with E-state index < -0.39 is 94.1 Å². The van der Waals surface area contributed by atoms with Crippen LogP contribution in [0.5, 0.6) is 0 Å². The summed E-state index contributed by atoms with van der Waals surface area (Å²) in [6.07, 6.45) is 10.9. The molecule has 0 saturated carbocycles. The van der Waals surface area contributed by atoms with E-state index in [1.165, 1.54) is 32.9 Å². The Hall–Kier alpha value is -2.25. The molecule has 3 rings (SSSR count). The first kappa shape index (κ1) is 51.1. The fraction of sp³-hybridized carbons (Fsp3) is 0.812. The Kier molecular flexibility index (Phi) is 18.0. The minimum Gasteiger partial charge on any atom is -0.455 e. The van der Waals surface area contributed by atoms with Crippen LogP contribution in [-0.2, 0) is 28.6 Å². The Morgan fingerprint density at radius 1 is 0.814 bits per heavy atom. The largest absolute Gasteiger partial charge is 0.455 e. The zero-order chi connectivity index (χ0) is 44.8. The predicted molar refractivity (Wildman–Crippen MR) is 229 cm³/mol. The molecule has 3 heterocycles. The lowest BCUT2D eigenvalue weighted by atomic mass is 9.62. The maximum Gasteiger partial charge on any atom is 0.330 e. The molecule has 0 aromatic heterocycles. The van der Waals surface area contributed by atoms with Gasteiger partial charge in [-0.25, -0.2) is 4.79 Å². The van der Waals surface area contributed by atoms with Gasteiger partial charge in [0.2, 0.25) is 0 Å². The Balaban J connectivity index is 2.10. The van der Waals surface area contributed by atoms with E-state index in [-0.39, 0.29) is 29.8 Å². The fourth-order valence-corrected chi connectivity index (χ4v) is 10.2. The van der Waals surface area contributed by atoms with Gasteiger partial charge in [0.1, 0.15) is 17.0 Å². The van der Waals surface area contributed by atoms with Crippen LogP contribution in [0.4, 0.5) is 0 Å². The number of hydrogen-bond acceptors (Lipinski definition) is 11. The van der Waals surface area contributed by atoms with Crippen LogP contribution in [0, 0.1) is 53.3 Å². The lowest BCUT2D eigenvalue weighted by Crippen LogP contribution is -2.71. The van der Waals surface area contributed by atoms with Gasteiger partial charge >= 0.3 is 5.97 Å². The highest BCUT2D eigenvalue weighted by molar-refractivity contribution is 5.91. The molecule has 11 heteroatoms. The second-order valence-corrected chi connectivity index (χ2v) is 19.4. The summed E-state index contributed by atoms with van der Waals surface area (Å²) in [6, 6.07) is 0. The van der Waals surface area contributed by atoms with Gasteiger partial charge in [-0.1, -0.05) is 92.7 Å². The van der Waals surface area contributed by atoms with Gasteiger partial charge in [0, 0.05) is 42.1 Å². The molecule has 3 aliphatic rings. The first-order valence-electron chi connectivity index (χ1n) is 22.5. The summed E-state index contributed by atoms with van der Waals surface area (Å²) >= 11 is 0. The maximum absolute atomic E-state index is 14.0. The monoisotopic (exact) mass is 833 g/mol. The second-order valence-electron chi connectivity index (χ2n) is 19.4. The van der Waals surface area contributed by atoms with Gasteiger partial charge in [-0.05, 0) is 90.4 Å². The van der Waals surface area contributed by atoms with E-state index in [9.17, 15) is 39.9 Å². The topological polar surface area (TPSA) is 180 Å². The van der Waals surface area contributed by atoms with Crippen molar-refractivity contribution in [2.24, 2.45) is 53.3 Å². The van der Waals surface area contributed by atoms with Crippen LogP contribution in [0.2, 0.25) is 0 Å². The van der Waals surface area contributed by atoms with Crippen LogP contribution < -0.4 is 0 Å². The highest BCUT2D eigenvalue weighted by Crippen LogP contribution is 2.58. The van der Waals surface area contributed by atoms with Crippen LogP contribution in [0.15, 0.2) is 36.5 Å². The van der Waals surface area contributed by atoms with Crippen molar-refractivity contribution in [3.05, 3.63) is 36.5 Å². The molecule has 0 aromatic carbocycles. The highest BCUT2D eigenvalue weighted by Gasteiger charge is 2.66. The molecule has 2 bridgehead atoms. The van der Waals surface area contributed by atoms with Gasteiger partial charge in [0.25, 0.3) is 0 Å². The van der Waals surface area contributed by atoms with Crippen LogP contribution in [0.25, 0.3) is 0 Å². The minimum atomic E-state index is -2.19. The first-order valence-corrected chi connectivity index (χ1v) is 22.5. The van der Waals surface area contributed by atoms with E-state index in [1.54, 1.807) is 27.7 Å². The molecule has 0 amide bonds. The quantitative estimate of drug-likeness (QED) is 0.183. The number of esters is 1. The molecular formula is C48H80O11. The lowest BCUT2D eigenvalue weighted by molar-refractivity contribution is -0.412. The molecule has 2 saturated heterocycles. The molecule has 2 fully saturated rings. The summed E-state index contributed by atoms with van der Waals surface area (Å²) in [6.45, 7) is 23.4. The Bertz CT molecular complexity index is 1500. The number of carbonyl (C=O) groups excluding carboxylic acids is 3. The minimum absolute atomic E-state index is 0.191. The lowest BCUT2D eigenvalue weighted by Gasteiger charge is -2.63. The molecular weight excluding hydrogens is 753 g/mol. The van der Waals surface area contributed by atoms with E-state index in [0.29, 0.717) is 32.1 Å². The number of aliphatic hydroxyl groups is 5. The average Bonchev–Trinajstić information content (AvgIpc) is 3.18. The third kappa shape index (κ3) is 11.4. The number of aliphatic hydroxyl groups excluding tert-OH is 4. The molecule has 0 aliphatic carbocycles. The summed E-state index contributed by atoms with van der Waals surface area (Å²) in [7, 11) is 0. The molecule has 18 atom stereocenters. The van der Waals surface area contributed by atoms with Crippen LogP contribution in [0.3, 0.4) is 0 Å². The van der Waals surface area contributed by atoms with Crippen molar-refractivity contribution in [2.45, 2.75) is 194 Å². The first-order chi connectivity index (χ1) is 27.3. The molecule has 0 unspecified atom stereocenters. The van der Waals surface area contributed by atoms with Crippen LogP contribution in [0.1, 0.15) is 141 Å². The van der Waals surface area contributed by atoms with E-state index >= 15 is 0 Å². The van der Waals surface area contributed by atoms with Gasteiger partial charge in [0.15, 0.2) is 11.6 Å². The summed E-state index contributed by atoms with van der Waals surface area (Å²) in [5.74, 6) is -7.60. The normalized spacial score (nSPS) is 45.9. The zero-order valence-corrected chi connectivity index (χ0v) is 38.4. The van der Waals surface area contributed by atoms with Crippen molar-refractivity contribution in [3.8, 4) is 0 Å². The maximum atomic E-state index is 14.0. The molecule has 338 valence electrons. The molecule has 59 heavy (non-hydrogen) atoms. The number of ether oxygens (including phenoxy) is 3. The Morgan fingerprint density at radius 3 is 2.03 bits per heavy atom. The summed E-state index contributed by atoms with van der Waals surface area (Å²) in [4.78, 5) is 41.1. The summed E-state index contributed by atoms with van der Waals surface area (Å²) in [5, 5.41) is 55.5. The summed E-state index contributed by atoms with van der Waals surface area (Å²) in [5.41, 5.74) is -4.01. The predicted octanol–water partition coefficient (Wildman–Crippen LogP) is 7.05. The van der Waals surface area contributed by atoms with Crippen molar-refractivity contribution in [1.29, 1.82) is 0 Å². The number of carbonyl (C=O) groups is 3. The van der Waals surface area contributed by atoms with Gasteiger partial charge < -0.3 is 39.7 Å². The smallest absolute Gasteiger partial charge is 0.330 e. The molecule has 0 aromatic rings. The standard InChI is InChI=1S/C48H80O11/c1-14-36-20-18-16-17-19-30(5)43(54)46(12,56)44(55)34(9)42(53)33(8)41(52)32(7)40(51)29(4)21-22-39(50)58-47(13)35(10)45(11,25-24-36)59-48(38(47)15-2)26-23-28(3)37(57-48)27-31(6)49/h16-18,20-22,28-38,40,42-43,49,51,53-54,56H,14-15,19,23-27H2,1-13H3/t28-,29-,30+,31+,32-,33-,34-,35+,36-,37-,38-,40+,42+,43-,45-,46+,47+,48+/m1/s1. The van der Waals surface area contributed by atoms with Gasteiger partial charge in [-0.15, -0.1) is 0 Å². The third-order valence-corrected chi connectivity index (χ3v) is 14.9. The fourth-order valence-electron chi connectivity index (χ4n) is 10.2. The number of fused-ring (bicyclic) bond motifs is 2. The summed E-state index contributed by atoms with van der Waals surface area (Å²) < 4.78 is 20.9. The number of ketones is 2. The zero-order valence-electron chi connectivity index (χ0n) is 38.4. The van der Waals surface area contributed by atoms with Gasteiger partial charge in [-0.2, -0.15) is 0 Å². The van der Waals surface area contributed by atoms with Crippen LogP contribution in [-0.4, -0.2) is 96.2 Å². The van der Waals surface area contributed by atoms with Crippen molar-refractivity contribution in [2.75, 3.05) is 0 Å². The van der Waals surface area contributed by atoms with E-state index in [0.717, 1.165) is 19.3 Å². The number of rotatable bonds is 4. The molecule has 0 radical (unpaired) electrons. The van der Waals surface area contributed by atoms with E-state index in [2.05, 4.69) is 40.7 Å². The van der Waals surface area contributed by atoms with Crippen LogP contribution >= 0.6 is 0 Å². The van der Waals surface area contributed by atoms with E-state index in [4.69, 9.17) is 14.2 Å². The van der Waals surface area contributed by atoms with Crippen molar-refractivity contribution in [3.63, 3.8) is 0 Å². The molecule has 5 N–H and O–H groups in total. The van der Waals surface area contributed by atoms with Crippen molar-refractivity contribution < 1.29 is 54.1 Å². The molecule has 1 spiro atoms. The number of Topliss-reactive ketones (excluding diaryl/α,β-unsaturated/α-hetero) is 2. The second kappa shape index (κ2) is 20.7. The van der Waals surface area contributed by atoms with Gasteiger partial charge in [-0.3, -0.25) is 9.59 Å². The van der Waals surface area contributed by atoms with E-state index in [1.807, 2.05) is 25.2 Å². The number of hydrogen-bond donors (Lipinski definition) is 5. The third-order valence-electron chi connectivity index (χ3n) is 14.9. The van der Waals surface area contributed by atoms with Crippen molar-refractivity contribution >= 4 is 17.5 Å². The molecule has 3 aliphatic heterocycles. The Morgan fingerprint density at radius 2 is 1.44 bits per heavy atom. The highest BCUT2D eigenvalue weighted by atomic mass is 16.7. The Labute approximate surface area is 355 Å². The SMILES string of the molecule is CC[C@@H]1C=CC=CC[C@H](C)[C@@H](O)[C@](C)(O)C(=O)[C@H](C)[C@@H](O)[C@H](C)C(=O)[C@H](C)[C@@H](O)[C@H](C)C=CC(=O)O[C@@]2(C)[C@@H](C)[C@@](C)(CC1)O[C@@]1(CC[C@@H](C)[C@@H](C[C@H](C)O)O1)[C@@H]2CC. The average molecular weight is 833 g/mol. The molecule has 11 nitrogen and oxygen atoms in total. The van der Waals surface area contributed by atoms with Gasteiger partial charge in [0.05, 0.1) is 42.0 Å².